The number of nitrogens with one attached hydrogen (secondary N) is 1. The molecule has 5 nitrogen and oxygen atoms in total. The molecule has 0 spiro atoms. The minimum atomic E-state index is -0.265. The van der Waals surface area contributed by atoms with Gasteiger partial charge in [0, 0.05) is 18.3 Å². The number of ether oxygens (including phenoxy) is 1. The van der Waals surface area contributed by atoms with Gasteiger partial charge in [-0.1, -0.05) is 0 Å². The summed E-state index contributed by atoms with van der Waals surface area (Å²) in [4.78, 5) is 15.6. The number of aromatic nitrogens is 1. The van der Waals surface area contributed by atoms with Crippen molar-refractivity contribution in [3.05, 3.63) is 23.9 Å². The number of rotatable bonds is 5. The summed E-state index contributed by atoms with van der Waals surface area (Å²) in [5.74, 6) is 0.242. The maximum atomic E-state index is 11.6. The molecule has 0 aliphatic heterocycles. The van der Waals surface area contributed by atoms with E-state index in [-0.39, 0.29) is 18.6 Å². The van der Waals surface area contributed by atoms with Gasteiger partial charge in [0.2, 0.25) is 5.88 Å². The molecule has 0 aliphatic rings. The summed E-state index contributed by atoms with van der Waals surface area (Å²) in [6.45, 7) is 4.04. The lowest BCUT2D eigenvalue weighted by Gasteiger charge is -2.10. The Balaban J connectivity index is 2.63. The van der Waals surface area contributed by atoms with E-state index >= 15 is 0 Å². The van der Waals surface area contributed by atoms with Crippen LogP contribution in [-0.4, -0.2) is 35.3 Å². The fraction of sp³-hybridized carbons (Fsp3) is 0.455. The van der Waals surface area contributed by atoms with Crippen LogP contribution in [0.5, 0.6) is 5.88 Å². The predicted molar refractivity (Wildman–Crippen MR) is 59.4 cm³/mol. The van der Waals surface area contributed by atoms with Gasteiger partial charge >= 0.3 is 0 Å². The Labute approximate surface area is 94.5 Å². The smallest absolute Gasteiger partial charge is 0.253 e. The second-order valence-electron chi connectivity index (χ2n) is 3.38. The van der Waals surface area contributed by atoms with E-state index in [4.69, 9.17) is 9.84 Å². The quantitative estimate of drug-likeness (QED) is 0.768. The SMILES string of the molecule is CCOc1ccc(C(=O)NC(C)CO)cn1. The number of hydrogen-bond acceptors (Lipinski definition) is 4. The van der Waals surface area contributed by atoms with Gasteiger partial charge in [-0.05, 0) is 19.9 Å². The van der Waals surface area contributed by atoms with Gasteiger partial charge < -0.3 is 15.2 Å². The molecule has 1 aromatic rings. The first-order valence-electron chi connectivity index (χ1n) is 5.18. The maximum Gasteiger partial charge on any atom is 0.253 e. The molecule has 0 radical (unpaired) electrons. The monoisotopic (exact) mass is 224 g/mol. The Morgan fingerprint density at radius 3 is 2.88 bits per heavy atom. The number of carbonyl (C=O) groups is 1. The average molecular weight is 224 g/mol. The summed E-state index contributed by atoms with van der Waals surface area (Å²) in [6, 6.07) is 3.01. The normalized spacial score (nSPS) is 11.9. The maximum absolute atomic E-state index is 11.6. The van der Waals surface area contributed by atoms with Crippen LogP contribution >= 0.6 is 0 Å². The molecule has 0 aromatic carbocycles. The van der Waals surface area contributed by atoms with Crippen molar-refractivity contribution in [3.63, 3.8) is 0 Å². The van der Waals surface area contributed by atoms with Gasteiger partial charge in [0.15, 0.2) is 0 Å². The second-order valence-corrected chi connectivity index (χ2v) is 3.38. The van der Waals surface area contributed by atoms with Gasteiger partial charge in [0.25, 0.3) is 5.91 Å². The highest BCUT2D eigenvalue weighted by Crippen LogP contribution is 2.07. The van der Waals surface area contributed by atoms with E-state index in [1.807, 2.05) is 6.92 Å². The Bertz CT molecular complexity index is 338. The Morgan fingerprint density at radius 2 is 2.38 bits per heavy atom. The third-order valence-electron chi connectivity index (χ3n) is 1.94. The van der Waals surface area contributed by atoms with Crippen molar-refractivity contribution in [1.82, 2.24) is 10.3 Å². The van der Waals surface area contributed by atoms with Gasteiger partial charge in [-0.25, -0.2) is 4.98 Å². The van der Waals surface area contributed by atoms with Gasteiger partial charge in [0.1, 0.15) is 0 Å². The first-order chi connectivity index (χ1) is 7.67. The lowest BCUT2D eigenvalue weighted by Crippen LogP contribution is -2.35. The summed E-state index contributed by atoms with van der Waals surface area (Å²) in [6.07, 6.45) is 1.45. The van der Waals surface area contributed by atoms with E-state index in [1.165, 1.54) is 6.20 Å². The molecule has 5 heteroatoms. The summed E-state index contributed by atoms with van der Waals surface area (Å²) >= 11 is 0. The zero-order valence-electron chi connectivity index (χ0n) is 9.43. The molecule has 0 fully saturated rings. The van der Waals surface area contributed by atoms with Crippen molar-refractivity contribution in [3.8, 4) is 5.88 Å². The third-order valence-corrected chi connectivity index (χ3v) is 1.94. The molecule has 0 saturated carbocycles. The number of carbonyl (C=O) groups excluding carboxylic acids is 1. The largest absolute Gasteiger partial charge is 0.478 e. The van der Waals surface area contributed by atoms with E-state index in [9.17, 15) is 4.79 Å². The predicted octanol–water partition coefficient (Wildman–Crippen LogP) is 0.591. The first-order valence-corrected chi connectivity index (χ1v) is 5.18. The van der Waals surface area contributed by atoms with Gasteiger partial charge in [-0.2, -0.15) is 0 Å². The van der Waals surface area contributed by atoms with E-state index in [1.54, 1.807) is 19.1 Å². The molecule has 1 atom stereocenters. The highest BCUT2D eigenvalue weighted by Gasteiger charge is 2.09. The van der Waals surface area contributed by atoms with Crippen molar-refractivity contribution in [2.45, 2.75) is 19.9 Å². The summed E-state index contributed by atoms with van der Waals surface area (Å²) < 4.78 is 5.16. The van der Waals surface area contributed by atoms with Crippen LogP contribution in [0.2, 0.25) is 0 Å². The van der Waals surface area contributed by atoms with Crippen molar-refractivity contribution in [1.29, 1.82) is 0 Å². The van der Waals surface area contributed by atoms with Crippen LogP contribution in [0.3, 0.4) is 0 Å². The van der Waals surface area contributed by atoms with Crippen LogP contribution in [0.4, 0.5) is 0 Å². The minimum Gasteiger partial charge on any atom is -0.478 e. The topological polar surface area (TPSA) is 71.5 Å². The molecule has 88 valence electrons. The lowest BCUT2D eigenvalue weighted by atomic mass is 10.2. The zero-order chi connectivity index (χ0) is 12.0. The Morgan fingerprint density at radius 1 is 1.62 bits per heavy atom. The second kappa shape index (κ2) is 6.07. The van der Waals surface area contributed by atoms with Crippen LogP contribution in [0.1, 0.15) is 24.2 Å². The highest BCUT2D eigenvalue weighted by molar-refractivity contribution is 5.94. The number of aliphatic hydroxyl groups excluding tert-OH is 1. The number of amides is 1. The van der Waals surface area contributed by atoms with Crippen LogP contribution in [0.15, 0.2) is 18.3 Å². The molecular weight excluding hydrogens is 208 g/mol. The summed E-state index contributed by atoms with van der Waals surface area (Å²) in [5.41, 5.74) is 0.448. The van der Waals surface area contributed by atoms with Crippen LogP contribution in [0.25, 0.3) is 0 Å². The fourth-order valence-electron chi connectivity index (χ4n) is 1.10. The van der Waals surface area contributed by atoms with Crippen molar-refractivity contribution >= 4 is 5.91 Å². The van der Waals surface area contributed by atoms with Crippen LogP contribution < -0.4 is 10.1 Å². The number of nitrogens with zero attached hydrogens (tertiary/aromatic N) is 1. The average Bonchev–Trinajstić information content (AvgIpc) is 2.30. The number of aliphatic hydroxyl groups is 1. The van der Waals surface area contributed by atoms with Crippen LogP contribution in [0, 0.1) is 0 Å². The third kappa shape index (κ3) is 3.51. The first kappa shape index (κ1) is 12.4. The zero-order valence-corrected chi connectivity index (χ0v) is 9.43. The van der Waals surface area contributed by atoms with Crippen molar-refractivity contribution < 1.29 is 14.6 Å². The van der Waals surface area contributed by atoms with Crippen LogP contribution in [-0.2, 0) is 0 Å². The van der Waals surface area contributed by atoms with Gasteiger partial charge in [-0.3, -0.25) is 4.79 Å². The van der Waals surface area contributed by atoms with E-state index in [0.29, 0.717) is 18.1 Å². The van der Waals surface area contributed by atoms with E-state index < -0.39 is 0 Å². The molecule has 0 saturated heterocycles. The molecule has 16 heavy (non-hydrogen) atoms. The molecule has 1 amide bonds. The number of hydrogen-bond donors (Lipinski definition) is 2. The van der Waals surface area contributed by atoms with Crippen molar-refractivity contribution in [2.75, 3.05) is 13.2 Å². The molecule has 1 rings (SSSR count). The molecule has 1 unspecified atom stereocenters. The van der Waals surface area contributed by atoms with Gasteiger partial charge in [0.05, 0.1) is 18.8 Å². The fourth-order valence-corrected chi connectivity index (χ4v) is 1.10. The Kier molecular flexibility index (Phi) is 4.72. The standard InChI is InChI=1S/C11H16N2O3/c1-3-16-10-5-4-9(6-12-10)11(15)13-8(2)7-14/h4-6,8,14H,3,7H2,1-2H3,(H,13,15). The molecule has 2 N–H and O–H groups in total. The van der Waals surface area contributed by atoms with Gasteiger partial charge in [-0.15, -0.1) is 0 Å². The minimum absolute atomic E-state index is 0.0871. The van der Waals surface area contributed by atoms with Crippen molar-refractivity contribution in [2.24, 2.45) is 0 Å². The summed E-state index contributed by atoms with van der Waals surface area (Å²) in [7, 11) is 0. The molecule has 0 bridgehead atoms. The molecule has 1 aromatic heterocycles. The molecule has 0 aliphatic carbocycles. The lowest BCUT2D eigenvalue weighted by molar-refractivity contribution is 0.0922. The molecule has 1 heterocycles. The molecular formula is C11H16N2O3. The van der Waals surface area contributed by atoms with E-state index in [2.05, 4.69) is 10.3 Å². The highest BCUT2D eigenvalue weighted by atomic mass is 16.5. The number of pyridine rings is 1. The van der Waals surface area contributed by atoms with E-state index in [0.717, 1.165) is 0 Å². The summed E-state index contributed by atoms with van der Waals surface area (Å²) in [5, 5.41) is 11.4. The Hall–Kier alpha value is -1.62.